The summed E-state index contributed by atoms with van der Waals surface area (Å²) < 4.78 is 21.6. The standard InChI is InChI=1S/C21H25NO5/c1-24-18-6-5-14(10-19(18)25-2)9-17-16-12-21(27-4)20(26-3)11-15(16)7-8-22(17)13-23/h5-6,10-13,17H,7-9H2,1-4H3/t17-/m1/s1. The van der Waals surface area contributed by atoms with E-state index in [0.717, 1.165) is 24.0 Å². The highest BCUT2D eigenvalue weighted by Gasteiger charge is 2.28. The zero-order valence-electron chi connectivity index (χ0n) is 16.2. The van der Waals surface area contributed by atoms with E-state index >= 15 is 0 Å². The van der Waals surface area contributed by atoms with Crippen molar-refractivity contribution >= 4 is 6.41 Å². The molecule has 6 nitrogen and oxygen atoms in total. The second kappa shape index (κ2) is 8.20. The number of benzene rings is 2. The number of fused-ring (bicyclic) bond motifs is 1. The van der Waals surface area contributed by atoms with Crippen molar-refractivity contribution in [2.45, 2.75) is 18.9 Å². The predicted molar refractivity (Wildman–Crippen MR) is 102 cm³/mol. The Kier molecular flexibility index (Phi) is 5.74. The van der Waals surface area contributed by atoms with Gasteiger partial charge in [0.25, 0.3) is 0 Å². The van der Waals surface area contributed by atoms with Crippen LogP contribution in [0.3, 0.4) is 0 Å². The molecule has 0 radical (unpaired) electrons. The Labute approximate surface area is 159 Å². The molecular weight excluding hydrogens is 346 g/mol. The molecule has 0 N–H and O–H groups in total. The van der Waals surface area contributed by atoms with Crippen LogP contribution in [0, 0.1) is 0 Å². The first-order valence-electron chi connectivity index (χ1n) is 8.81. The Balaban J connectivity index is 2.00. The van der Waals surface area contributed by atoms with Gasteiger partial charge in [-0.1, -0.05) is 6.07 Å². The molecule has 0 aliphatic carbocycles. The summed E-state index contributed by atoms with van der Waals surface area (Å²) >= 11 is 0. The lowest BCUT2D eigenvalue weighted by Gasteiger charge is -2.35. The highest BCUT2D eigenvalue weighted by atomic mass is 16.5. The molecule has 0 spiro atoms. The second-order valence-electron chi connectivity index (χ2n) is 6.41. The summed E-state index contributed by atoms with van der Waals surface area (Å²) in [7, 11) is 6.48. The van der Waals surface area contributed by atoms with Crippen LogP contribution in [0.25, 0.3) is 0 Å². The predicted octanol–water partition coefficient (Wildman–Crippen LogP) is 3.02. The smallest absolute Gasteiger partial charge is 0.210 e. The summed E-state index contributed by atoms with van der Waals surface area (Å²) in [5.74, 6) is 2.74. The van der Waals surface area contributed by atoms with Crippen molar-refractivity contribution in [3.8, 4) is 23.0 Å². The van der Waals surface area contributed by atoms with Gasteiger partial charge in [-0.15, -0.1) is 0 Å². The molecule has 1 amide bonds. The van der Waals surface area contributed by atoms with Crippen molar-refractivity contribution in [2.24, 2.45) is 0 Å². The Hall–Kier alpha value is -2.89. The average molecular weight is 371 g/mol. The first-order valence-corrected chi connectivity index (χ1v) is 8.81. The Bertz CT molecular complexity index is 820. The summed E-state index contributed by atoms with van der Waals surface area (Å²) in [6.45, 7) is 0.671. The summed E-state index contributed by atoms with van der Waals surface area (Å²) in [5, 5.41) is 0. The largest absolute Gasteiger partial charge is 0.493 e. The van der Waals surface area contributed by atoms with Crippen molar-refractivity contribution in [2.75, 3.05) is 35.0 Å². The van der Waals surface area contributed by atoms with Crippen LogP contribution in [0.2, 0.25) is 0 Å². The normalized spacial score (nSPS) is 15.7. The van der Waals surface area contributed by atoms with Gasteiger partial charge in [0.1, 0.15) is 0 Å². The van der Waals surface area contributed by atoms with E-state index in [1.54, 1.807) is 28.4 Å². The summed E-state index contributed by atoms with van der Waals surface area (Å²) in [5.41, 5.74) is 3.32. The Morgan fingerprint density at radius 3 is 2.19 bits per heavy atom. The van der Waals surface area contributed by atoms with Gasteiger partial charge in [0.15, 0.2) is 23.0 Å². The average Bonchev–Trinajstić information content (AvgIpc) is 2.72. The van der Waals surface area contributed by atoms with E-state index < -0.39 is 0 Å². The molecule has 0 fully saturated rings. The van der Waals surface area contributed by atoms with Gasteiger partial charge in [0.2, 0.25) is 6.41 Å². The molecule has 6 heteroatoms. The summed E-state index contributed by atoms with van der Waals surface area (Å²) in [6.07, 6.45) is 2.38. The minimum Gasteiger partial charge on any atom is -0.493 e. The molecular formula is C21H25NO5. The second-order valence-corrected chi connectivity index (χ2v) is 6.41. The maximum Gasteiger partial charge on any atom is 0.210 e. The number of carbonyl (C=O) groups excluding carboxylic acids is 1. The molecule has 1 aliphatic heterocycles. The van der Waals surface area contributed by atoms with Crippen LogP contribution in [-0.2, 0) is 17.6 Å². The van der Waals surface area contributed by atoms with Crippen molar-refractivity contribution in [1.29, 1.82) is 0 Å². The van der Waals surface area contributed by atoms with Crippen LogP contribution < -0.4 is 18.9 Å². The van der Waals surface area contributed by atoms with Gasteiger partial charge in [-0.3, -0.25) is 4.79 Å². The fraction of sp³-hybridized carbons (Fsp3) is 0.381. The van der Waals surface area contributed by atoms with Gasteiger partial charge in [0, 0.05) is 6.54 Å². The number of carbonyl (C=O) groups is 1. The molecule has 1 atom stereocenters. The molecule has 27 heavy (non-hydrogen) atoms. The van der Waals surface area contributed by atoms with Gasteiger partial charge in [-0.2, -0.15) is 0 Å². The van der Waals surface area contributed by atoms with E-state index in [1.165, 1.54) is 5.56 Å². The molecule has 0 bridgehead atoms. The SMILES string of the molecule is COc1ccc(C[C@@H]2c3cc(OC)c(OC)cc3CCN2C=O)cc1OC. The van der Waals surface area contributed by atoms with Gasteiger partial charge in [0.05, 0.1) is 34.5 Å². The number of ether oxygens (including phenoxy) is 4. The molecule has 1 aliphatic rings. The summed E-state index contributed by atoms with van der Waals surface area (Å²) in [6, 6.07) is 9.75. The zero-order valence-corrected chi connectivity index (χ0v) is 16.2. The van der Waals surface area contributed by atoms with Gasteiger partial charge < -0.3 is 23.8 Å². The zero-order chi connectivity index (χ0) is 19.4. The van der Waals surface area contributed by atoms with Crippen LogP contribution in [-0.4, -0.2) is 46.3 Å². The molecule has 0 aromatic heterocycles. The lowest BCUT2D eigenvalue weighted by atomic mass is 9.88. The van der Waals surface area contributed by atoms with E-state index in [-0.39, 0.29) is 6.04 Å². The van der Waals surface area contributed by atoms with Crippen molar-refractivity contribution < 1.29 is 23.7 Å². The molecule has 1 heterocycles. The number of rotatable bonds is 7. The van der Waals surface area contributed by atoms with Gasteiger partial charge in [-0.05, 0) is 53.8 Å². The number of nitrogens with zero attached hydrogens (tertiary/aromatic N) is 1. The third-order valence-electron chi connectivity index (χ3n) is 5.06. The van der Waals surface area contributed by atoms with Crippen LogP contribution in [0.5, 0.6) is 23.0 Å². The monoisotopic (exact) mass is 371 g/mol. The highest BCUT2D eigenvalue weighted by molar-refractivity contribution is 5.55. The molecule has 0 unspecified atom stereocenters. The Morgan fingerprint density at radius 1 is 0.926 bits per heavy atom. The third kappa shape index (κ3) is 3.65. The van der Waals surface area contributed by atoms with E-state index in [1.807, 2.05) is 35.2 Å². The summed E-state index contributed by atoms with van der Waals surface area (Å²) in [4.78, 5) is 13.5. The van der Waals surface area contributed by atoms with E-state index in [2.05, 4.69) is 0 Å². The van der Waals surface area contributed by atoms with Gasteiger partial charge >= 0.3 is 0 Å². The number of methoxy groups -OCH3 is 4. The molecule has 2 aromatic carbocycles. The quantitative estimate of drug-likeness (QED) is 0.701. The first-order chi connectivity index (χ1) is 13.1. The van der Waals surface area contributed by atoms with Crippen LogP contribution >= 0.6 is 0 Å². The van der Waals surface area contributed by atoms with E-state index in [9.17, 15) is 4.79 Å². The molecule has 144 valence electrons. The highest BCUT2D eigenvalue weighted by Crippen LogP contribution is 2.39. The van der Waals surface area contributed by atoms with Crippen molar-refractivity contribution in [1.82, 2.24) is 4.90 Å². The fourth-order valence-corrected chi connectivity index (χ4v) is 3.63. The first kappa shape index (κ1) is 18.9. The van der Waals surface area contributed by atoms with Gasteiger partial charge in [-0.25, -0.2) is 0 Å². The van der Waals surface area contributed by atoms with E-state index in [4.69, 9.17) is 18.9 Å². The van der Waals surface area contributed by atoms with Crippen LogP contribution in [0.4, 0.5) is 0 Å². The fourth-order valence-electron chi connectivity index (χ4n) is 3.63. The van der Waals surface area contributed by atoms with Crippen molar-refractivity contribution in [3.05, 3.63) is 47.0 Å². The molecule has 0 saturated heterocycles. The number of hydrogen-bond donors (Lipinski definition) is 0. The topological polar surface area (TPSA) is 57.2 Å². The molecule has 3 rings (SSSR count). The lowest BCUT2D eigenvalue weighted by molar-refractivity contribution is -0.120. The maximum atomic E-state index is 11.7. The Morgan fingerprint density at radius 2 is 1.56 bits per heavy atom. The number of hydrogen-bond acceptors (Lipinski definition) is 5. The lowest BCUT2D eigenvalue weighted by Crippen LogP contribution is -2.35. The maximum absolute atomic E-state index is 11.7. The third-order valence-corrected chi connectivity index (χ3v) is 5.06. The van der Waals surface area contributed by atoms with Crippen LogP contribution in [0.15, 0.2) is 30.3 Å². The minimum absolute atomic E-state index is 0.0795. The molecule has 2 aromatic rings. The number of amides is 1. The van der Waals surface area contributed by atoms with Crippen LogP contribution in [0.1, 0.15) is 22.7 Å². The van der Waals surface area contributed by atoms with E-state index in [0.29, 0.717) is 36.0 Å². The minimum atomic E-state index is -0.0795. The molecule has 0 saturated carbocycles. The van der Waals surface area contributed by atoms with Crippen molar-refractivity contribution in [3.63, 3.8) is 0 Å².